The first-order valence-corrected chi connectivity index (χ1v) is 15.2. The molecule has 0 saturated carbocycles. The van der Waals surface area contributed by atoms with E-state index in [0.29, 0.717) is 27.5 Å². The van der Waals surface area contributed by atoms with E-state index in [1.54, 1.807) is 69.4 Å². The zero-order valence-electron chi connectivity index (χ0n) is 31.8. The van der Waals surface area contributed by atoms with Gasteiger partial charge in [-0.25, -0.2) is 4.98 Å². The van der Waals surface area contributed by atoms with Gasteiger partial charge in [-0.2, -0.15) is 13.2 Å². The Labute approximate surface area is 304 Å². The van der Waals surface area contributed by atoms with Crippen LogP contribution in [0.1, 0.15) is 55.6 Å². The number of alkyl halides is 3. The minimum Gasteiger partial charge on any atom is -0.486 e. The van der Waals surface area contributed by atoms with Gasteiger partial charge in [0.05, 0.1) is 11.1 Å². The van der Waals surface area contributed by atoms with Crippen molar-refractivity contribution in [1.29, 1.82) is 0 Å². The monoisotopic (exact) mass is 839 g/mol. The van der Waals surface area contributed by atoms with Gasteiger partial charge in [0, 0.05) is 50.4 Å². The molecule has 4 heterocycles. The average Bonchev–Trinajstić information content (AvgIpc) is 3.50. The van der Waals surface area contributed by atoms with Crippen molar-refractivity contribution >= 4 is 22.1 Å². The van der Waals surface area contributed by atoms with E-state index in [-0.39, 0.29) is 54.8 Å². The molecule has 7 rings (SSSR count). The summed E-state index contributed by atoms with van der Waals surface area (Å²) >= 11 is 0. The van der Waals surface area contributed by atoms with Gasteiger partial charge < -0.3 is 14.4 Å². The molecular formula is C41H34F3IrN3O-2. The van der Waals surface area contributed by atoms with Crippen LogP contribution in [0.25, 0.3) is 44.6 Å². The number of hydrogen-bond donors (Lipinski definition) is 0. The van der Waals surface area contributed by atoms with Gasteiger partial charge in [0.2, 0.25) is 5.71 Å². The molecule has 4 nitrogen and oxygen atoms in total. The SMILES string of the molecule is [2H]C([2H])([2H])c1ccc2c(n1)oc1c(-c3cc(Cc4ccc(C([2H])([2H])C(C)(C)C)cc4)c(C(F)(F)F)cn3)[c-]ccc12.[Ir].[c-]1ccccc1-c1ccccn1. The largest absolute Gasteiger partial charge is 0.486 e. The van der Waals surface area contributed by atoms with Crippen molar-refractivity contribution in [2.75, 3.05) is 0 Å². The fraction of sp³-hybridized carbons (Fsp3) is 0.195. The normalized spacial score (nSPS) is 13.6. The van der Waals surface area contributed by atoms with Gasteiger partial charge in [0.15, 0.2) is 0 Å². The summed E-state index contributed by atoms with van der Waals surface area (Å²) in [5.41, 5.74) is 2.23. The van der Waals surface area contributed by atoms with Crippen LogP contribution in [0.5, 0.6) is 0 Å². The van der Waals surface area contributed by atoms with E-state index < -0.39 is 30.4 Å². The Kier molecular flexibility index (Phi) is 8.88. The number of hydrogen-bond acceptors (Lipinski definition) is 4. The fourth-order valence-electron chi connectivity index (χ4n) is 5.28. The van der Waals surface area contributed by atoms with Crippen molar-refractivity contribution in [3.8, 4) is 22.5 Å². The number of aromatic nitrogens is 3. The smallest absolute Gasteiger partial charge is 0.418 e. The van der Waals surface area contributed by atoms with Crippen LogP contribution in [0, 0.1) is 24.4 Å². The maximum atomic E-state index is 14.0. The van der Waals surface area contributed by atoms with Gasteiger partial charge >= 0.3 is 6.18 Å². The van der Waals surface area contributed by atoms with Crippen LogP contribution in [0.3, 0.4) is 0 Å². The third-order valence-corrected chi connectivity index (χ3v) is 7.37. The minimum atomic E-state index is -4.64. The van der Waals surface area contributed by atoms with Crippen LogP contribution < -0.4 is 0 Å². The molecule has 49 heavy (non-hydrogen) atoms. The number of benzene rings is 3. The molecule has 0 saturated heterocycles. The maximum absolute atomic E-state index is 14.0. The summed E-state index contributed by atoms with van der Waals surface area (Å²) in [4.78, 5) is 12.5. The molecule has 0 amide bonds. The Morgan fingerprint density at radius 1 is 0.816 bits per heavy atom. The Morgan fingerprint density at radius 3 is 2.27 bits per heavy atom. The van der Waals surface area contributed by atoms with E-state index >= 15 is 0 Å². The van der Waals surface area contributed by atoms with E-state index in [2.05, 4.69) is 27.1 Å². The number of pyridine rings is 3. The molecule has 0 N–H and O–H groups in total. The number of furan rings is 1. The standard InChI is InChI=1S/C30H26F3N2O.C11H8N.Ir/c1-18-8-13-23-22-6-5-7-24(27(22)36-28(23)35-18)26-15-21(25(17-34-26)30(31,32)33)14-19-9-11-20(12-10-19)16-29(2,3)4;1-2-6-10(7-3-1)11-8-4-5-9-12-11;/h5-6,8-13,15,17H,14,16H2,1-4H3;1-6,8-9H;/q2*-1;/i1D3,16D2;;. The van der Waals surface area contributed by atoms with E-state index in [1.807, 2.05) is 42.5 Å². The van der Waals surface area contributed by atoms with Gasteiger partial charge in [-0.3, -0.25) is 0 Å². The van der Waals surface area contributed by atoms with Gasteiger partial charge in [-0.1, -0.05) is 74.2 Å². The molecule has 0 aliphatic carbocycles. The molecular weight excluding hydrogens is 800 g/mol. The Morgan fingerprint density at radius 2 is 1.59 bits per heavy atom. The van der Waals surface area contributed by atoms with Crippen molar-refractivity contribution in [3.05, 3.63) is 150 Å². The maximum Gasteiger partial charge on any atom is 0.418 e. The van der Waals surface area contributed by atoms with E-state index in [1.165, 1.54) is 12.1 Å². The van der Waals surface area contributed by atoms with Crippen LogP contribution in [0.15, 0.2) is 114 Å². The number of rotatable bonds is 5. The van der Waals surface area contributed by atoms with E-state index in [9.17, 15) is 13.2 Å². The molecule has 251 valence electrons. The molecule has 4 aromatic heterocycles. The Balaban J connectivity index is 0.000000365. The molecule has 0 fully saturated rings. The van der Waals surface area contributed by atoms with Gasteiger partial charge in [-0.15, -0.1) is 54.1 Å². The first kappa shape index (κ1) is 29.3. The number of aryl methyl sites for hydroxylation is 1. The quantitative estimate of drug-likeness (QED) is 0.162. The summed E-state index contributed by atoms with van der Waals surface area (Å²) in [6, 6.07) is 34.0. The number of nitrogens with zero attached hydrogens (tertiary/aromatic N) is 3. The number of halogens is 3. The minimum absolute atomic E-state index is 0. The summed E-state index contributed by atoms with van der Waals surface area (Å²) in [5.74, 6) is 0. The second-order valence-electron chi connectivity index (χ2n) is 12.2. The first-order valence-electron chi connectivity index (χ1n) is 17.7. The van der Waals surface area contributed by atoms with Gasteiger partial charge in [-0.05, 0) is 71.3 Å². The second kappa shape index (κ2) is 14.9. The van der Waals surface area contributed by atoms with Crippen molar-refractivity contribution in [2.24, 2.45) is 5.41 Å². The summed E-state index contributed by atoms with van der Waals surface area (Å²) < 4.78 is 87.7. The fourth-order valence-corrected chi connectivity index (χ4v) is 5.28. The van der Waals surface area contributed by atoms with Crippen molar-refractivity contribution < 1.29 is 44.5 Å². The zero-order chi connectivity index (χ0) is 38.2. The second-order valence-corrected chi connectivity index (χ2v) is 12.2. The Hall–Kier alpha value is -4.65. The molecule has 7 aromatic rings. The van der Waals surface area contributed by atoms with E-state index in [4.69, 9.17) is 11.3 Å². The van der Waals surface area contributed by atoms with E-state index in [0.717, 1.165) is 17.5 Å². The molecule has 8 heteroatoms. The molecule has 0 aliphatic rings. The van der Waals surface area contributed by atoms with Crippen molar-refractivity contribution in [2.45, 2.75) is 46.6 Å². The molecule has 0 bridgehead atoms. The van der Waals surface area contributed by atoms with Gasteiger partial charge in [0.1, 0.15) is 0 Å². The summed E-state index contributed by atoms with van der Waals surface area (Å²) in [6.45, 7) is 2.94. The molecule has 1 radical (unpaired) electrons. The van der Waals surface area contributed by atoms with Crippen LogP contribution in [-0.4, -0.2) is 15.0 Å². The summed E-state index contributed by atoms with van der Waals surface area (Å²) in [5, 5.41) is 1.16. The molecule has 0 aliphatic heterocycles. The zero-order valence-corrected chi connectivity index (χ0v) is 29.2. The molecule has 0 spiro atoms. The predicted octanol–water partition coefficient (Wildman–Crippen LogP) is 10.9. The first-order chi connectivity index (χ1) is 24.9. The van der Waals surface area contributed by atoms with Crippen LogP contribution in [0.2, 0.25) is 0 Å². The summed E-state index contributed by atoms with van der Waals surface area (Å²) in [6.07, 6.45) is -3.77. The molecule has 0 unspecified atom stereocenters. The van der Waals surface area contributed by atoms with Crippen LogP contribution in [-0.2, 0) is 39.1 Å². The van der Waals surface area contributed by atoms with Gasteiger partial charge in [0.25, 0.3) is 0 Å². The number of fused-ring (bicyclic) bond motifs is 3. The summed E-state index contributed by atoms with van der Waals surface area (Å²) in [7, 11) is 0. The topological polar surface area (TPSA) is 51.8 Å². The molecule has 0 atom stereocenters. The average molecular weight is 839 g/mol. The van der Waals surface area contributed by atoms with Crippen molar-refractivity contribution in [3.63, 3.8) is 0 Å². The third kappa shape index (κ3) is 8.69. The predicted molar refractivity (Wildman–Crippen MR) is 184 cm³/mol. The Bertz CT molecular complexity index is 2320. The molecule has 3 aromatic carbocycles. The third-order valence-electron chi connectivity index (χ3n) is 7.37. The van der Waals surface area contributed by atoms with Crippen LogP contribution >= 0.6 is 0 Å². The van der Waals surface area contributed by atoms with Crippen LogP contribution in [0.4, 0.5) is 13.2 Å². The van der Waals surface area contributed by atoms with Crippen molar-refractivity contribution in [1.82, 2.24) is 15.0 Å².